The van der Waals surface area contributed by atoms with Crippen LogP contribution < -0.4 is 14.4 Å². The number of carbonyl (C=O) groups excluding carboxylic acids is 2. The fraction of sp³-hybridized carbons (Fsp3) is 0.100. The zero-order valence-electron chi connectivity index (χ0n) is 20.7. The van der Waals surface area contributed by atoms with Crippen LogP contribution in [0.25, 0.3) is 5.76 Å². The minimum Gasteiger partial charge on any atom is -0.507 e. The molecule has 1 saturated heterocycles. The highest BCUT2D eigenvalue weighted by Gasteiger charge is 2.47. The minimum atomic E-state index is -0.998. The predicted octanol–water partition coefficient (Wildman–Crippen LogP) is 6.60. The number of pyridine rings is 1. The first-order chi connectivity index (χ1) is 18.9. The highest BCUT2D eigenvalue weighted by Crippen LogP contribution is 2.43. The summed E-state index contributed by atoms with van der Waals surface area (Å²) >= 11 is 12.6. The molecule has 0 saturated carbocycles. The zero-order valence-corrected chi connectivity index (χ0v) is 22.2. The van der Waals surface area contributed by atoms with Crippen LogP contribution in [-0.4, -0.2) is 28.9 Å². The van der Waals surface area contributed by atoms with Gasteiger partial charge in [-0.1, -0.05) is 59.6 Å². The van der Waals surface area contributed by atoms with Crippen molar-refractivity contribution in [3.63, 3.8) is 0 Å². The molecule has 1 N–H and O–H groups in total. The molecule has 1 fully saturated rings. The maximum absolute atomic E-state index is 13.4. The van der Waals surface area contributed by atoms with Crippen LogP contribution in [0.1, 0.15) is 22.9 Å². The van der Waals surface area contributed by atoms with Crippen LogP contribution in [-0.2, 0) is 16.2 Å². The topological polar surface area (TPSA) is 89.0 Å². The number of rotatable bonds is 7. The Balaban J connectivity index is 1.54. The first-order valence-corrected chi connectivity index (χ1v) is 12.7. The first kappa shape index (κ1) is 26.3. The fourth-order valence-electron chi connectivity index (χ4n) is 4.41. The summed E-state index contributed by atoms with van der Waals surface area (Å²) in [5.41, 5.74) is 1.87. The van der Waals surface area contributed by atoms with Gasteiger partial charge in [-0.2, -0.15) is 0 Å². The van der Waals surface area contributed by atoms with Gasteiger partial charge in [0.05, 0.1) is 28.4 Å². The Morgan fingerprint density at radius 1 is 0.949 bits per heavy atom. The van der Waals surface area contributed by atoms with E-state index < -0.39 is 23.5 Å². The van der Waals surface area contributed by atoms with Gasteiger partial charge in [-0.25, -0.2) is 0 Å². The Bertz CT molecular complexity index is 1530. The second kappa shape index (κ2) is 11.2. The summed E-state index contributed by atoms with van der Waals surface area (Å²) in [6, 6.07) is 23.5. The van der Waals surface area contributed by atoms with Gasteiger partial charge in [-0.15, -0.1) is 0 Å². The molecule has 0 bridgehead atoms. The molecule has 3 aromatic carbocycles. The number of benzene rings is 3. The van der Waals surface area contributed by atoms with E-state index in [0.29, 0.717) is 23.7 Å². The van der Waals surface area contributed by atoms with E-state index in [-0.39, 0.29) is 26.9 Å². The number of halogens is 2. The quantitative estimate of drug-likeness (QED) is 0.155. The molecule has 1 amide bonds. The summed E-state index contributed by atoms with van der Waals surface area (Å²) < 4.78 is 11.0. The Labute approximate surface area is 234 Å². The molecule has 9 heteroatoms. The second-order valence-corrected chi connectivity index (χ2v) is 9.48. The van der Waals surface area contributed by atoms with Gasteiger partial charge in [-0.3, -0.25) is 19.5 Å². The van der Waals surface area contributed by atoms with Crippen molar-refractivity contribution in [3.05, 3.63) is 124 Å². The van der Waals surface area contributed by atoms with E-state index in [2.05, 4.69) is 4.98 Å². The number of hydrogen-bond acceptors (Lipinski definition) is 6. The number of anilines is 1. The molecule has 1 aliphatic heterocycles. The van der Waals surface area contributed by atoms with E-state index in [1.165, 1.54) is 24.1 Å². The third-order valence-electron chi connectivity index (χ3n) is 6.25. The number of Topliss-reactive ketones (excluding diaryl/α,β-unsaturated/α-hetero) is 1. The zero-order chi connectivity index (χ0) is 27.5. The van der Waals surface area contributed by atoms with E-state index in [0.717, 1.165) is 5.56 Å². The van der Waals surface area contributed by atoms with Gasteiger partial charge in [0.15, 0.2) is 5.75 Å². The first-order valence-electron chi connectivity index (χ1n) is 11.9. The highest BCUT2D eigenvalue weighted by molar-refractivity contribution is 6.51. The van der Waals surface area contributed by atoms with Crippen LogP contribution in [0.3, 0.4) is 0 Å². The standard InChI is InChI=1S/C30H22Cl2N2O5/c1-38-29-22(31)15-19(16-23(29)32)27(35)25-26(24-9-5-6-14-33-24)34(30(37)28(25)36)20-10-12-21(13-11-20)39-17-18-7-3-2-4-8-18/h2-16,26,35H,17H2,1H3/b27-25+. The summed E-state index contributed by atoms with van der Waals surface area (Å²) in [7, 11) is 1.41. The van der Waals surface area contributed by atoms with E-state index in [1.807, 2.05) is 30.3 Å². The molecule has 0 spiro atoms. The summed E-state index contributed by atoms with van der Waals surface area (Å²) in [5, 5.41) is 11.6. The summed E-state index contributed by atoms with van der Waals surface area (Å²) in [4.78, 5) is 32.4. The lowest BCUT2D eigenvalue weighted by atomic mass is 9.98. The van der Waals surface area contributed by atoms with E-state index in [4.69, 9.17) is 32.7 Å². The van der Waals surface area contributed by atoms with Gasteiger partial charge < -0.3 is 14.6 Å². The average molecular weight is 561 g/mol. The maximum atomic E-state index is 13.4. The number of ether oxygens (including phenoxy) is 2. The lowest BCUT2D eigenvalue weighted by molar-refractivity contribution is -0.132. The molecule has 1 atom stereocenters. The summed E-state index contributed by atoms with van der Waals surface area (Å²) in [6.07, 6.45) is 1.55. The molecule has 2 heterocycles. The Morgan fingerprint density at radius 3 is 2.23 bits per heavy atom. The Kier molecular flexibility index (Phi) is 7.54. The van der Waals surface area contributed by atoms with E-state index in [9.17, 15) is 14.7 Å². The normalized spacial score (nSPS) is 16.4. The van der Waals surface area contributed by atoms with E-state index in [1.54, 1.807) is 48.7 Å². The summed E-state index contributed by atoms with van der Waals surface area (Å²) in [5.74, 6) is -1.28. The molecule has 5 rings (SSSR count). The molecular formula is C30H22Cl2N2O5. The number of ketones is 1. The third kappa shape index (κ3) is 5.19. The van der Waals surface area contributed by atoms with Crippen molar-refractivity contribution in [1.29, 1.82) is 0 Å². The van der Waals surface area contributed by atoms with Gasteiger partial charge in [0.25, 0.3) is 11.7 Å². The third-order valence-corrected chi connectivity index (χ3v) is 6.81. The molecule has 1 aliphatic rings. The van der Waals surface area contributed by atoms with E-state index >= 15 is 0 Å². The van der Waals surface area contributed by atoms with Crippen LogP contribution >= 0.6 is 23.2 Å². The monoisotopic (exact) mass is 560 g/mol. The molecule has 196 valence electrons. The number of carbonyl (C=O) groups is 2. The number of aliphatic hydroxyl groups excluding tert-OH is 1. The van der Waals surface area contributed by atoms with Gasteiger partial charge in [0.2, 0.25) is 0 Å². The lowest BCUT2D eigenvalue weighted by Crippen LogP contribution is -2.29. The van der Waals surface area contributed by atoms with Crippen LogP contribution in [0.4, 0.5) is 5.69 Å². The van der Waals surface area contributed by atoms with Crippen molar-refractivity contribution in [2.45, 2.75) is 12.6 Å². The largest absolute Gasteiger partial charge is 0.507 e. The maximum Gasteiger partial charge on any atom is 0.300 e. The van der Waals surface area contributed by atoms with Gasteiger partial charge in [0.1, 0.15) is 24.2 Å². The van der Waals surface area contributed by atoms with Crippen molar-refractivity contribution in [2.75, 3.05) is 12.0 Å². The smallest absolute Gasteiger partial charge is 0.300 e. The number of nitrogens with zero attached hydrogens (tertiary/aromatic N) is 2. The van der Waals surface area contributed by atoms with Gasteiger partial charge in [-0.05, 0) is 54.1 Å². The predicted molar refractivity (Wildman–Crippen MR) is 149 cm³/mol. The highest BCUT2D eigenvalue weighted by atomic mass is 35.5. The number of hydrogen-bond donors (Lipinski definition) is 1. The number of aliphatic hydroxyl groups is 1. The van der Waals surface area contributed by atoms with Crippen LogP contribution in [0.2, 0.25) is 10.0 Å². The molecule has 4 aromatic rings. The Hall–Kier alpha value is -4.33. The molecule has 1 unspecified atom stereocenters. The van der Waals surface area contributed by atoms with Crippen molar-refractivity contribution in [2.24, 2.45) is 0 Å². The number of aromatic nitrogens is 1. The van der Waals surface area contributed by atoms with Crippen LogP contribution in [0.5, 0.6) is 11.5 Å². The number of methoxy groups -OCH3 is 1. The van der Waals surface area contributed by atoms with Crippen molar-refractivity contribution in [3.8, 4) is 11.5 Å². The summed E-state index contributed by atoms with van der Waals surface area (Å²) in [6.45, 7) is 0.381. The molecular weight excluding hydrogens is 539 g/mol. The van der Waals surface area contributed by atoms with Crippen molar-refractivity contribution < 1.29 is 24.2 Å². The SMILES string of the molecule is COc1c(Cl)cc(/C(O)=C2\C(=O)C(=O)N(c3ccc(OCc4ccccc4)cc3)C2c2ccccn2)cc1Cl. The lowest BCUT2D eigenvalue weighted by Gasteiger charge is -2.24. The molecule has 7 nitrogen and oxygen atoms in total. The molecule has 39 heavy (non-hydrogen) atoms. The Morgan fingerprint density at radius 2 is 1.62 bits per heavy atom. The second-order valence-electron chi connectivity index (χ2n) is 8.67. The molecule has 1 aromatic heterocycles. The average Bonchev–Trinajstić information content (AvgIpc) is 3.22. The minimum absolute atomic E-state index is 0.139. The van der Waals surface area contributed by atoms with Crippen molar-refractivity contribution in [1.82, 2.24) is 4.98 Å². The van der Waals surface area contributed by atoms with Gasteiger partial charge in [0, 0.05) is 17.4 Å². The van der Waals surface area contributed by atoms with Gasteiger partial charge >= 0.3 is 0 Å². The van der Waals surface area contributed by atoms with Crippen molar-refractivity contribution >= 4 is 46.3 Å². The van der Waals surface area contributed by atoms with Crippen LogP contribution in [0.15, 0.2) is 96.7 Å². The number of amides is 1. The fourth-order valence-corrected chi connectivity index (χ4v) is 5.05. The molecule has 0 aliphatic carbocycles. The van der Waals surface area contributed by atoms with Crippen LogP contribution in [0, 0.1) is 0 Å². The molecule has 0 radical (unpaired) electrons.